The van der Waals surface area contributed by atoms with Gasteiger partial charge in [-0.05, 0) is 13.8 Å². The minimum Gasteiger partial charge on any atom is -0.369 e. The number of H-pyrrole nitrogens is 1. The molecule has 0 saturated carbocycles. The van der Waals surface area contributed by atoms with Gasteiger partial charge in [-0.25, -0.2) is 4.98 Å². The first-order valence-electron chi connectivity index (χ1n) is 3.75. The van der Waals surface area contributed by atoms with Gasteiger partial charge in [0.15, 0.2) is 5.95 Å². The van der Waals surface area contributed by atoms with Gasteiger partial charge in [0.05, 0.1) is 18.8 Å². The van der Waals surface area contributed by atoms with E-state index in [4.69, 9.17) is 10.6 Å². The molecule has 0 amide bonds. The van der Waals surface area contributed by atoms with Gasteiger partial charge in [-0.15, -0.1) is 0 Å². The summed E-state index contributed by atoms with van der Waals surface area (Å²) in [6.07, 6.45) is 0. The van der Waals surface area contributed by atoms with Crippen molar-refractivity contribution < 1.29 is 4.84 Å². The summed E-state index contributed by atoms with van der Waals surface area (Å²) in [7, 11) is 1.57. The summed E-state index contributed by atoms with van der Waals surface area (Å²) < 4.78 is 0. The fraction of sp³-hybridized carbons (Fsp3) is 0.571. The summed E-state index contributed by atoms with van der Waals surface area (Å²) in [5.74, 6) is 0.437. The predicted molar refractivity (Wildman–Crippen MR) is 46.3 cm³/mol. The number of nitrogens with one attached hydrogen (secondary N) is 2. The molecule has 1 aromatic heterocycles. The molecule has 5 heteroatoms. The lowest BCUT2D eigenvalue weighted by molar-refractivity contribution is 0.0646. The molecule has 1 aromatic rings. The molecule has 5 nitrogen and oxygen atoms in total. The van der Waals surface area contributed by atoms with E-state index >= 15 is 0 Å². The molecule has 0 spiro atoms. The third-order valence-electron chi connectivity index (χ3n) is 1.65. The number of nitrogens with zero attached hydrogens (tertiary/aromatic N) is 1. The molecular weight excluding hydrogens is 156 g/mol. The average Bonchev–Trinajstić information content (AvgIpc) is 2.30. The molecular formula is C7H14N4O. The smallest absolute Gasteiger partial charge is 0.197 e. The van der Waals surface area contributed by atoms with Crippen LogP contribution in [0.3, 0.4) is 0 Å². The Bertz CT molecular complexity index is 258. The zero-order chi connectivity index (χ0) is 9.14. The maximum atomic E-state index is 5.48. The van der Waals surface area contributed by atoms with Crippen molar-refractivity contribution in [3.05, 3.63) is 11.4 Å². The van der Waals surface area contributed by atoms with Gasteiger partial charge < -0.3 is 15.6 Å². The molecule has 0 aliphatic carbocycles. The highest BCUT2D eigenvalue weighted by Gasteiger charge is 2.11. The number of hydrogen-bond donors (Lipinski definition) is 3. The second-order valence-electron chi connectivity index (χ2n) is 2.68. The Balaban J connectivity index is 2.79. The van der Waals surface area contributed by atoms with Gasteiger partial charge in [0.2, 0.25) is 0 Å². The van der Waals surface area contributed by atoms with E-state index in [9.17, 15) is 0 Å². The Morgan fingerprint density at radius 3 is 2.75 bits per heavy atom. The largest absolute Gasteiger partial charge is 0.369 e. The molecule has 1 heterocycles. The Hall–Kier alpha value is -1.07. The molecule has 0 radical (unpaired) electrons. The van der Waals surface area contributed by atoms with Crippen molar-refractivity contribution in [1.29, 1.82) is 0 Å². The third-order valence-corrected chi connectivity index (χ3v) is 1.65. The van der Waals surface area contributed by atoms with Crippen LogP contribution in [0.5, 0.6) is 0 Å². The zero-order valence-corrected chi connectivity index (χ0v) is 7.51. The maximum Gasteiger partial charge on any atom is 0.197 e. The highest BCUT2D eigenvalue weighted by molar-refractivity contribution is 5.26. The SMILES string of the molecule is CONC(C)c1nc(N)[nH]c1C. The molecule has 1 rings (SSSR count). The van der Waals surface area contributed by atoms with E-state index in [1.165, 1.54) is 0 Å². The number of hydrogen-bond acceptors (Lipinski definition) is 4. The molecule has 0 saturated heterocycles. The summed E-state index contributed by atoms with van der Waals surface area (Å²) in [5, 5.41) is 0. The minimum atomic E-state index is 0.0450. The lowest BCUT2D eigenvalue weighted by Gasteiger charge is -2.09. The van der Waals surface area contributed by atoms with Gasteiger partial charge in [0.1, 0.15) is 0 Å². The van der Waals surface area contributed by atoms with Crippen LogP contribution >= 0.6 is 0 Å². The molecule has 0 aromatic carbocycles. The lowest BCUT2D eigenvalue weighted by Crippen LogP contribution is -2.17. The molecule has 68 valence electrons. The van der Waals surface area contributed by atoms with Crippen molar-refractivity contribution in [2.24, 2.45) is 0 Å². The number of aryl methyl sites for hydroxylation is 1. The molecule has 0 fully saturated rings. The number of nitrogens with two attached hydrogens (primary N) is 1. The number of rotatable bonds is 3. The normalized spacial score (nSPS) is 13.2. The van der Waals surface area contributed by atoms with Crippen molar-refractivity contribution in [2.45, 2.75) is 19.9 Å². The Morgan fingerprint density at radius 2 is 2.33 bits per heavy atom. The summed E-state index contributed by atoms with van der Waals surface area (Å²) in [6.45, 7) is 3.87. The van der Waals surface area contributed by atoms with Crippen molar-refractivity contribution in [3.63, 3.8) is 0 Å². The van der Waals surface area contributed by atoms with E-state index in [1.807, 2.05) is 13.8 Å². The molecule has 1 unspecified atom stereocenters. The predicted octanol–water partition coefficient (Wildman–Crippen LogP) is 0.512. The van der Waals surface area contributed by atoms with Crippen LogP contribution in [0.2, 0.25) is 0 Å². The second kappa shape index (κ2) is 3.55. The number of imidazole rings is 1. The van der Waals surface area contributed by atoms with Crippen LogP contribution in [0.4, 0.5) is 5.95 Å². The zero-order valence-electron chi connectivity index (χ0n) is 7.51. The highest BCUT2D eigenvalue weighted by Crippen LogP contribution is 2.14. The number of aromatic nitrogens is 2. The summed E-state index contributed by atoms with van der Waals surface area (Å²) in [6, 6.07) is 0.0450. The highest BCUT2D eigenvalue weighted by atomic mass is 16.6. The Labute approximate surface area is 71.3 Å². The van der Waals surface area contributed by atoms with Gasteiger partial charge in [0.25, 0.3) is 0 Å². The van der Waals surface area contributed by atoms with Crippen molar-refractivity contribution in [1.82, 2.24) is 15.4 Å². The van der Waals surface area contributed by atoms with E-state index in [0.717, 1.165) is 11.4 Å². The van der Waals surface area contributed by atoms with Crippen LogP contribution in [-0.4, -0.2) is 17.1 Å². The summed E-state index contributed by atoms with van der Waals surface area (Å²) in [5.41, 5.74) is 10.1. The van der Waals surface area contributed by atoms with Crippen LogP contribution < -0.4 is 11.2 Å². The molecule has 1 atom stereocenters. The van der Waals surface area contributed by atoms with Gasteiger partial charge >= 0.3 is 0 Å². The fourth-order valence-corrected chi connectivity index (χ4v) is 1.15. The van der Waals surface area contributed by atoms with E-state index in [2.05, 4.69) is 15.4 Å². The number of nitrogen functional groups attached to an aromatic ring is 1. The van der Waals surface area contributed by atoms with Crippen LogP contribution in [-0.2, 0) is 4.84 Å². The molecule has 4 N–H and O–H groups in total. The first kappa shape index (κ1) is 9.02. The van der Waals surface area contributed by atoms with Gasteiger partial charge in [-0.3, -0.25) is 0 Å². The van der Waals surface area contributed by atoms with E-state index < -0.39 is 0 Å². The van der Waals surface area contributed by atoms with Crippen LogP contribution in [0.25, 0.3) is 0 Å². The standard InChI is InChI=1S/C7H14N4O/c1-4-6(5(2)11-12-3)10-7(8)9-4/h5,11H,1-3H3,(H3,8,9,10). The molecule has 0 aliphatic heterocycles. The number of hydroxylamine groups is 1. The molecule has 12 heavy (non-hydrogen) atoms. The Kier molecular flexibility index (Phi) is 2.67. The van der Waals surface area contributed by atoms with E-state index in [1.54, 1.807) is 7.11 Å². The van der Waals surface area contributed by atoms with Crippen molar-refractivity contribution >= 4 is 5.95 Å². The number of aromatic amines is 1. The van der Waals surface area contributed by atoms with Crippen molar-refractivity contribution in [2.75, 3.05) is 12.8 Å². The quantitative estimate of drug-likeness (QED) is 0.578. The van der Waals surface area contributed by atoms with Gasteiger partial charge in [-0.2, -0.15) is 5.48 Å². The van der Waals surface area contributed by atoms with Crippen LogP contribution in [0.15, 0.2) is 0 Å². The topological polar surface area (TPSA) is 76.0 Å². The maximum absolute atomic E-state index is 5.48. The van der Waals surface area contributed by atoms with Crippen LogP contribution in [0, 0.1) is 6.92 Å². The van der Waals surface area contributed by atoms with Crippen molar-refractivity contribution in [3.8, 4) is 0 Å². The molecule has 0 bridgehead atoms. The third kappa shape index (κ3) is 1.75. The van der Waals surface area contributed by atoms with E-state index in [0.29, 0.717) is 5.95 Å². The Morgan fingerprint density at radius 1 is 1.67 bits per heavy atom. The second-order valence-corrected chi connectivity index (χ2v) is 2.68. The number of anilines is 1. The average molecular weight is 170 g/mol. The first-order valence-corrected chi connectivity index (χ1v) is 3.75. The lowest BCUT2D eigenvalue weighted by atomic mass is 10.2. The monoisotopic (exact) mass is 170 g/mol. The first-order chi connectivity index (χ1) is 5.65. The van der Waals surface area contributed by atoms with E-state index in [-0.39, 0.29) is 6.04 Å². The molecule has 0 aliphatic rings. The summed E-state index contributed by atoms with van der Waals surface area (Å²) >= 11 is 0. The van der Waals surface area contributed by atoms with Gasteiger partial charge in [-0.1, -0.05) is 0 Å². The summed E-state index contributed by atoms with van der Waals surface area (Å²) in [4.78, 5) is 11.8. The van der Waals surface area contributed by atoms with Crippen LogP contribution in [0.1, 0.15) is 24.4 Å². The minimum absolute atomic E-state index is 0.0450. The van der Waals surface area contributed by atoms with Gasteiger partial charge in [0, 0.05) is 5.69 Å². The fourth-order valence-electron chi connectivity index (χ4n) is 1.15.